The van der Waals surface area contributed by atoms with Gasteiger partial charge in [-0.2, -0.15) is 22.5 Å². The van der Waals surface area contributed by atoms with Crippen molar-refractivity contribution in [3.05, 3.63) is 5.82 Å². The summed E-state index contributed by atoms with van der Waals surface area (Å²) in [4.78, 5) is 3.28. The van der Waals surface area contributed by atoms with Crippen molar-refractivity contribution in [1.82, 2.24) is 9.36 Å². The first-order valence-corrected chi connectivity index (χ1v) is 5.05. The quantitative estimate of drug-likeness (QED) is 0.655. The van der Waals surface area contributed by atoms with E-state index in [9.17, 15) is 13.2 Å². The molecule has 0 radical (unpaired) electrons. The summed E-state index contributed by atoms with van der Waals surface area (Å²) in [6.45, 7) is 0.496. The molecule has 3 nitrogen and oxygen atoms in total. The average molecular weight is 246 g/mol. The Morgan fingerprint density at radius 3 is 2.64 bits per heavy atom. The molecule has 80 valence electrons. The highest BCUT2D eigenvalue weighted by molar-refractivity contribution is 7.09. The van der Waals surface area contributed by atoms with Gasteiger partial charge in [-0.25, -0.2) is 0 Å². The molecule has 0 atom stereocenters. The Balaban J connectivity index is 2.51. The van der Waals surface area contributed by atoms with Gasteiger partial charge in [-0.1, -0.05) is 0 Å². The predicted molar refractivity (Wildman–Crippen MR) is 48.7 cm³/mol. The summed E-state index contributed by atoms with van der Waals surface area (Å²) in [5.74, 6) is -0.645. The summed E-state index contributed by atoms with van der Waals surface area (Å²) >= 11 is 6.08. The van der Waals surface area contributed by atoms with Crippen molar-refractivity contribution in [2.75, 3.05) is 17.7 Å². The Bertz CT molecular complexity index is 288. The maximum Gasteiger partial charge on any atom is 0.452 e. The van der Waals surface area contributed by atoms with Gasteiger partial charge in [-0.05, 0) is 6.42 Å². The van der Waals surface area contributed by atoms with Crippen LogP contribution in [0, 0.1) is 0 Å². The van der Waals surface area contributed by atoms with Crippen LogP contribution < -0.4 is 5.32 Å². The van der Waals surface area contributed by atoms with E-state index < -0.39 is 12.0 Å². The molecule has 0 aliphatic rings. The topological polar surface area (TPSA) is 37.8 Å². The van der Waals surface area contributed by atoms with Gasteiger partial charge in [0.15, 0.2) is 0 Å². The Kier molecular flexibility index (Phi) is 3.94. The number of alkyl halides is 4. The van der Waals surface area contributed by atoms with E-state index >= 15 is 0 Å². The zero-order chi connectivity index (χ0) is 10.6. The molecule has 0 saturated heterocycles. The lowest BCUT2D eigenvalue weighted by Crippen LogP contribution is -2.08. The maximum absolute atomic E-state index is 12.0. The van der Waals surface area contributed by atoms with Crippen molar-refractivity contribution in [3.8, 4) is 0 Å². The van der Waals surface area contributed by atoms with E-state index in [0.717, 1.165) is 0 Å². The van der Waals surface area contributed by atoms with Gasteiger partial charge in [-0.3, -0.25) is 0 Å². The molecular formula is C6H7ClF3N3S. The Hall–Kier alpha value is -0.560. The van der Waals surface area contributed by atoms with Crippen molar-refractivity contribution in [1.29, 1.82) is 0 Å². The second kappa shape index (κ2) is 4.79. The van der Waals surface area contributed by atoms with Crippen molar-refractivity contribution >= 4 is 28.3 Å². The van der Waals surface area contributed by atoms with E-state index in [1.807, 2.05) is 0 Å². The van der Waals surface area contributed by atoms with Gasteiger partial charge in [0.25, 0.3) is 0 Å². The highest BCUT2D eigenvalue weighted by Crippen LogP contribution is 2.28. The van der Waals surface area contributed by atoms with Crippen molar-refractivity contribution in [2.24, 2.45) is 0 Å². The van der Waals surface area contributed by atoms with Crippen LogP contribution in [0.25, 0.3) is 0 Å². The van der Waals surface area contributed by atoms with Crippen LogP contribution in [-0.4, -0.2) is 21.8 Å². The molecule has 1 aromatic heterocycles. The van der Waals surface area contributed by atoms with Gasteiger partial charge in [0, 0.05) is 24.0 Å². The van der Waals surface area contributed by atoms with E-state index in [0.29, 0.717) is 30.4 Å². The molecule has 0 spiro atoms. The summed E-state index contributed by atoms with van der Waals surface area (Å²) < 4.78 is 39.2. The van der Waals surface area contributed by atoms with Gasteiger partial charge in [-0.15, -0.1) is 11.6 Å². The van der Waals surface area contributed by atoms with Gasteiger partial charge < -0.3 is 5.32 Å². The van der Waals surface area contributed by atoms with E-state index in [-0.39, 0.29) is 5.13 Å². The zero-order valence-electron chi connectivity index (χ0n) is 6.94. The summed E-state index contributed by atoms with van der Waals surface area (Å²) in [7, 11) is 0. The van der Waals surface area contributed by atoms with E-state index in [2.05, 4.69) is 14.7 Å². The van der Waals surface area contributed by atoms with Crippen LogP contribution in [0.1, 0.15) is 12.2 Å². The predicted octanol–water partition coefficient (Wildman–Crippen LogP) is 2.60. The smallest absolute Gasteiger partial charge is 0.360 e. The minimum atomic E-state index is -4.47. The van der Waals surface area contributed by atoms with Crippen LogP contribution >= 0.6 is 23.1 Å². The molecule has 1 aromatic rings. The Labute approximate surface area is 87.5 Å². The van der Waals surface area contributed by atoms with E-state index in [1.165, 1.54) is 0 Å². The molecule has 0 aromatic carbocycles. The van der Waals surface area contributed by atoms with Gasteiger partial charge in [0.1, 0.15) is 0 Å². The molecule has 8 heteroatoms. The molecule has 0 aliphatic carbocycles. The molecule has 0 aliphatic heterocycles. The van der Waals surface area contributed by atoms with Crippen LogP contribution in [0.5, 0.6) is 0 Å². The first-order chi connectivity index (χ1) is 6.54. The number of aromatic nitrogens is 2. The summed E-state index contributed by atoms with van der Waals surface area (Å²) in [5, 5.41) is 2.87. The van der Waals surface area contributed by atoms with Crippen LogP contribution in [0.4, 0.5) is 18.3 Å². The van der Waals surface area contributed by atoms with Crippen LogP contribution in [-0.2, 0) is 6.18 Å². The fourth-order valence-corrected chi connectivity index (χ4v) is 1.42. The van der Waals surface area contributed by atoms with Crippen molar-refractivity contribution in [3.63, 3.8) is 0 Å². The molecule has 0 fully saturated rings. The van der Waals surface area contributed by atoms with E-state index in [1.54, 1.807) is 0 Å². The van der Waals surface area contributed by atoms with Gasteiger partial charge in [0.2, 0.25) is 11.0 Å². The number of halogens is 4. The second-order valence-electron chi connectivity index (χ2n) is 2.39. The maximum atomic E-state index is 12.0. The number of rotatable bonds is 4. The monoisotopic (exact) mass is 245 g/mol. The van der Waals surface area contributed by atoms with Crippen LogP contribution in [0.3, 0.4) is 0 Å². The number of hydrogen-bond acceptors (Lipinski definition) is 4. The number of nitrogens with zero attached hydrogens (tertiary/aromatic N) is 2. The summed E-state index contributed by atoms with van der Waals surface area (Å²) in [6, 6.07) is 0. The minimum Gasteiger partial charge on any atom is -0.360 e. The SMILES string of the molecule is FC(F)(F)c1nsc(NCCCCl)n1. The Morgan fingerprint density at radius 2 is 2.14 bits per heavy atom. The average Bonchev–Trinajstić information content (AvgIpc) is 2.52. The fraction of sp³-hybridized carbons (Fsp3) is 0.667. The lowest BCUT2D eigenvalue weighted by Gasteiger charge is -1.99. The fourth-order valence-electron chi connectivity index (χ4n) is 0.673. The van der Waals surface area contributed by atoms with Gasteiger partial charge >= 0.3 is 6.18 Å². The molecule has 1 N–H and O–H groups in total. The lowest BCUT2D eigenvalue weighted by atomic mass is 10.5. The van der Waals surface area contributed by atoms with Crippen LogP contribution in [0.2, 0.25) is 0 Å². The van der Waals surface area contributed by atoms with Crippen LogP contribution in [0.15, 0.2) is 0 Å². The standard InChI is InChI=1S/C6H7ClF3N3S/c7-2-1-3-11-5-12-4(13-14-5)6(8,9)10/h1-3H2,(H,11,12,13). The number of anilines is 1. The molecular weight excluding hydrogens is 239 g/mol. The highest BCUT2D eigenvalue weighted by Gasteiger charge is 2.35. The van der Waals surface area contributed by atoms with E-state index in [4.69, 9.17) is 11.6 Å². The number of hydrogen-bond donors (Lipinski definition) is 1. The third-order valence-corrected chi connectivity index (χ3v) is 2.21. The van der Waals surface area contributed by atoms with Crippen molar-refractivity contribution in [2.45, 2.75) is 12.6 Å². The first kappa shape index (κ1) is 11.5. The summed E-state index contributed by atoms with van der Waals surface area (Å²) in [6.07, 6.45) is -3.80. The van der Waals surface area contributed by atoms with Crippen molar-refractivity contribution < 1.29 is 13.2 Å². The molecule has 14 heavy (non-hydrogen) atoms. The van der Waals surface area contributed by atoms with Gasteiger partial charge in [0.05, 0.1) is 0 Å². The number of nitrogens with one attached hydrogen (secondary N) is 1. The Morgan fingerprint density at radius 1 is 1.43 bits per heavy atom. The third kappa shape index (κ3) is 3.30. The summed E-state index contributed by atoms with van der Waals surface area (Å²) in [5.41, 5.74) is 0. The molecule has 1 heterocycles. The molecule has 1 rings (SSSR count). The normalized spacial score (nSPS) is 11.7. The third-order valence-electron chi connectivity index (χ3n) is 1.27. The highest BCUT2D eigenvalue weighted by atomic mass is 35.5. The lowest BCUT2D eigenvalue weighted by molar-refractivity contribution is -0.144. The largest absolute Gasteiger partial charge is 0.452 e. The minimum absolute atomic E-state index is 0.169. The molecule has 0 amide bonds. The molecule has 0 bridgehead atoms. The molecule has 0 unspecified atom stereocenters. The zero-order valence-corrected chi connectivity index (χ0v) is 8.51. The first-order valence-electron chi connectivity index (χ1n) is 3.75. The second-order valence-corrected chi connectivity index (χ2v) is 3.52. The molecule has 0 saturated carbocycles.